The highest BCUT2D eigenvalue weighted by Gasteiger charge is 2.23. The van der Waals surface area contributed by atoms with Crippen LogP contribution in [0.1, 0.15) is 35.7 Å². The van der Waals surface area contributed by atoms with Crippen LogP contribution in [0.2, 0.25) is 0 Å². The summed E-state index contributed by atoms with van der Waals surface area (Å²) >= 11 is 0. The Hall–Kier alpha value is -2.35. The molecule has 7 nitrogen and oxygen atoms in total. The molecule has 1 aliphatic rings. The number of benzene rings is 1. The zero-order chi connectivity index (χ0) is 18.6. The first kappa shape index (κ1) is 19.0. The number of fused-ring (bicyclic) bond motifs is 1. The Morgan fingerprint density at radius 1 is 1.08 bits per heavy atom. The standard InChI is InChI=1S/C18H22O7/c1-10-4-2-6-13(20)17(23)14(21)7-3-5-11-8-12(19)9-15(22)16(11)18(24)25-10/h2-3,5-6,8-10,13-14,17,19-23H,4,7H2,1H3/b5-3-,6-2-/t10-,13-,14-,17+/m0/s1. The van der Waals surface area contributed by atoms with Crippen LogP contribution < -0.4 is 0 Å². The van der Waals surface area contributed by atoms with Crippen LogP contribution in [0, 0.1) is 0 Å². The van der Waals surface area contributed by atoms with Gasteiger partial charge in [0.2, 0.25) is 0 Å². The number of phenols is 2. The van der Waals surface area contributed by atoms with E-state index in [1.807, 2.05) is 0 Å². The number of hydrogen-bond donors (Lipinski definition) is 5. The zero-order valence-electron chi connectivity index (χ0n) is 13.7. The van der Waals surface area contributed by atoms with Gasteiger partial charge in [-0.2, -0.15) is 0 Å². The molecule has 7 heteroatoms. The second-order valence-corrected chi connectivity index (χ2v) is 6.00. The molecule has 0 saturated carbocycles. The van der Waals surface area contributed by atoms with Crippen LogP contribution >= 0.6 is 0 Å². The number of carbonyl (C=O) groups excluding carboxylic acids is 1. The van der Waals surface area contributed by atoms with E-state index in [4.69, 9.17) is 4.74 Å². The molecule has 0 saturated heterocycles. The van der Waals surface area contributed by atoms with Crippen molar-refractivity contribution in [2.45, 2.75) is 44.2 Å². The van der Waals surface area contributed by atoms with Crippen LogP contribution in [0.3, 0.4) is 0 Å². The predicted octanol–water partition coefficient (Wildman–Crippen LogP) is 1.09. The maximum atomic E-state index is 12.3. The topological polar surface area (TPSA) is 127 Å². The van der Waals surface area contributed by atoms with Crippen LogP contribution in [0.5, 0.6) is 11.5 Å². The second kappa shape index (κ2) is 8.15. The molecule has 136 valence electrons. The van der Waals surface area contributed by atoms with Crippen molar-refractivity contribution in [3.8, 4) is 11.5 Å². The minimum atomic E-state index is -1.38. The highest BCUT2D eigenvalue weighted by Crippen LogP contribution is 2.29. The van der Waals surface area contributed by atoms with Crippen LogP contribution in [-0.2, 0) is 4.74 Å². The van der Waals surface area contributed by atoms with Crippen molar-refractivity contribution in [3.05, 3.63) is 41.5 Å². The maximum Gasteiger partial charge on any atom is 0.342 e. The molecule has 2 rings (SSSR count). The fourth-order valence-corrected chi connectivity index (χ4v) is 2.50. The van der Waals surface area contributed by atoms with E-state index < -0.39 is 36.1 Å². The summed E-state index contributed by atoms with van der Waals surface area (Å²) in [7, 11) is 0. The quantitative estimate of drug-likeness (QED) is 0.350. The van der Waals surface area contributed by atoms with Crippen molar-refractivity contribution in [3.63, 3.8) is 0 Å². The van der Waals surface area contributed by atoms with Crippen molar-refractivity contribution in [1.82, 2.24) is 0 Å². The van der Waals surface area contributed by atoms with E-state index in [0.29, 0.717) is 0 Å². The lowest BCUT2D eigenvalue weighted by Gasteiger charge is -2.20. The van der Waals surface area contributed by atoms with Crippen LogP contribution in [0.15, 0.2) is 30.4 Å². The average molecular weight is 350 g/mol. The van der Waals surface area contributed by atoms with Gasteiger partial charge in [-0.3, -0.25) is 0 Å². The monoisotopic (exact) mass is 350 g/mol. The number of ether oxygens (including phenoxy) is 1. The van der Waals surface area contributed by atoms with Crippen molar-refractivity contribution >= 4 is 12.0 Å². The van der Waals surface area contributed by atoms with Crippen molar-refractivity contribution in [1.29, 1.82) is 0 Å². The molecule has 1 aromatic rings. The third kappa shape index (κ3) is 4.82. The number of aromatic hydroxyl groups is 2. The minimum absolute atomic E-state index is 0.00657. The van der Waals surface area contributed by atoms with E-state index in [2.05, 4.69) is 0 Å². The van der Waals surface area contributed by atoms with Gasteiger partial charge in [-0.25, -0.2) is 4.79 Å². The summed E-state index contributed by atoms with van der Waals surface area (Å²) in [5, 5.41) is 49.3. The van der Waals surface area contributed by atoms with Crippen LogP contribution in [0.25, 0.3) is 6.08 Å². The third-order valence-corrected chi connectivity index (χ3v) is 3.87. The lowest BCUT2D eigenvalue weighted by atomic mass is 10.0. The average Bonchev–Trinajstić information content (AvgIpc) is 2.52. The van der Waals surface area contributed by atoms with Gasteiger partial charge in [0.15, 0.2) is 0 Å². The lowest BCUT2D eigenvalue weighted by Crippen LogP contribution is -2.35. The van der Waals surface area contributed by atoms with Crippen molar-refractivity contribution in [2.75, 3.05) is 0 Å². The molecule has 0 radical (unpaired) electrons. The van der Waals surface area contributed by atoms with Gasteiger partial charge in [-0.1, -0.05) is 24.3 Å². The first-order valence-corrected chi connectivity index (χ1v) is 7.94. The summed E-state index contributed by atoms with van der Waals surface area (Å²) in [6.45, 7) is 1.64. The van der Waals surface area contributed by atoms with Gasteiger partial charge in [0.25, 0.3) is 0 Å². The molecule has 0 unspecified atom stereocenters. The SMILES string of the molecule is C[C@H]1C/C=C\[C@H](O)[C@@H](O)[C@@H](O)C/C=C\c2cc(O)cc(O)c2C(=O)O1. The van der Waals surface area contributed by atoms with E-state index in [-0.39, 0.29) is 29.7 Å². The molecule has 5 N–H and O–H groups in total. The highest BCUT2D eigenvalue weighted by molar-refractivity contribution is 5.97. The third-order valence-electron chi connectivity index (χ3n) is 3.87. The Kier molecular flexibility index (Phi) is 6.19. The Morgan fingerprint density at radius 2 is 1.80 bits per heavy atom. The molecule has 1 aliphatic heterocycles. The summed E-state index contributed by atoms with van der Waals surface area (Å²) in [6.07, 6.45) is 1.62. The summed E-state index contributed by atoms with van der Waals surface area (Å²) in [4.78, 5) is 12.3. The number of aliphatic hydroxyl groups excluding tert-OH is 3. The Morgan fingerprint density at radius 3 is 2.52 bits per heavy atom. The van der Waals surface area contributed by atoms with Crippen LogP contribution in [0.4, 0.5) is 0 Å². The second-order valence-electron chi connectivity index (χ2n) is 6.00. The van der Waals surface area contributed by atoms with Gasteiger partial charge >= 0.3 is 5.97 Å². The Balaban J connectivity index is 2.41. The van der Waals surface area contributed by atoms with E-state index in [1.165, 1.54) is 30.4 Å². The van der Waals surface area contributed by atoms with Gasteiger partial charge in [0, 0.05) is 12.5 Å². The summed E-state index contributed by atoms with van der Waals surface area (Å²) in [6, 6.07) is 2.32. The van der Waals surface area contributed by atoms with Gasteiger partial charge < -0.3 is 30.3 Å². The molecular formula is C18H22O7. The Labute approximate surface area is 145 Å². The molecule has 1 aromatic carbocycles. The molecule has 0 aliphatic carbocycles. The lowest BCUT2D eigenvalue weighted by molar-refractivity contribution is -0.0394. The number of esters is 1. The summed E-state index contributed by atoms with van der Waals surface area (Å²) in [5.74, 6) is -1.41. The zero-order valence-corrected chi connectivity index (χ0v) is 13.7. The van der Waals surface area contributed by atoms with Gasteiger partial charge in [0.1, 0.15) is 35.4 Å². The molecule has 0 bridgehead atoms. The van der Waals surface area contributed by atoms with E-state index in [9.17, 15) is 30.3 Å². The smallest absolute Gasteiger partial charge is 0.342 e. The van der Waals surface area contributed by atoms with E-state index in [1.54, 1.807) is 6.92 Å². The molecule has 0 fully saturated rings. The fraction of sp³-hybridized carbons (Fsp3) is 0.389. The summed E-state index contributed by atoms with van der Waals surface area (Å²) in [5.41, 5.74) is 0.113. The number of phenolic OH excluding ortho intramolecular Hbond substituents is 2. The molecule has 0 amide bonds. The van der Waals surface area contributed by atoms with E-state index in [0.717, 1.165) is 6.07 Å². The molecular weight excluding hydrogens is 328 g/mol. The Bertz CT molecular complexity index is 680. The molecule has 0 spiro atoms. The number of hydrogen-bond acceptors (Lipinski definition) is 7. The normalized spacial score (nSPS) is 30.6. The van der Waals surface area contributed by atoms with Gasteiger partial charge in [-0.05, 0) is 25.0 Å². The number of aliphatic hydroxyl groups is 3. The summed E-state index contributed by atoms with van der Waals surface area (Å²) < 4.78 is 5.27. The first-order chi connectivity index (χ1) is 11.8. The van der Waals surface area contributed by atoms with Crippen LogP contribution in [-0.4, -0.2) is 55.9 Å². The number of cyclic esters (lactones) is 1. The van der Waals surface area contributed by atoms with Gasteiger partial charge in [0.05, 0.1) is 6.10 Å². The first-order valence-electron chi connectivity index (χ1n) is 7.94. The highest BCUT2D eigenvalue weighted by atomic mass is 16.5. The fourth-order valence-electron chi connectivity index (χ4n) is 2.50. The molecule has 4 atom stereocenters. The minimum Gasteiger partial charge on any atom is -0.508 e. The maximum absolute atomic E-state index is 12.3. The van der Waals surface area contributed by atoms with Gasteiger partial charge in [-0.15, -0.1) is 0 Å². The predicted molar refractivity (Wildman–Crippen MR) is 90.1 cm³/mol. The largest absolute Gasteiger partial charge is 0.508 e. The van der Waals surface area contributed by atoms with E-state index >= 15 is 0 Å². The van der Waals surface area contributed by atoms with Crippen molar-refractivity contribution < 1.29 is 35.1 Å². The number of carbonyl (C=O) groups is 1. The molecule has 1 heterocycles. The molecule has 25 heavy (non-hydrogen) atoms. The number of rotatable bonds is 0. The molecule has 0 aromatic heterocycles. The van der Waals surface area contributed by atoms with Crippen molar-refractivity contribution in [2.24, 2.45) is 0 Å².